The fourth-order valence-corrected chi connectivity index (χ4v) is 2.44. The molecule has 0 aliphatic heterocycles. The maximum atomic E-state index is 12.3. The summed E-state index contributed by atoms with van der Waals surface area (Å²) >= 11 is 0. The molecule has 0 atom stereocenters. The van der Waals surface area contributed by atoms with E-state index in [1.54, 1.807) is 19.1 Å². The van der Waals surface area contributed by atoms with E-state index in [0.29, 0.717) is 23.9 Å². The van der Waals surface area contributed by atoms with Crippen molar-refractivity contribution in [3.8, 4) is 17.0 Å². The molecule has 7 heteroatoms. The molecule has 3 rings (SSSR count). The molecule has 128 valence electrons. The number of aryl methyl sites for hydroxylation is 2. The van der Waals surface area contributed by atoms with Gasteiger partial charge in [-0.25, -0.2) is 9.97 Å². The van der Waals surface area contributed by atoms with Crippen molar-refractivity contribution in [2.75, 3.05) is 11.9 Å². The number of aromatic nitrogens is 4. The third-order valence-corrected chi connectivity index (χ3v) is 3.49. The lowest BCUT2D eigenvalue weighted by atomic mass is 10.1. The Morgan fingerprint density at radius 3 is 2.60 bits per heavy atom. The van der Waals surface area contributed by atoms with Crippen molar-refractivity contribution in [3.05, 3.63) is 53.6 Å². The van der Waals surface area contributed by atoms with E-state index in [-0.39, 0.29) is 5.91 Å². The van der Waals surface area contributed by atoms with Gasteiger partial charge in [0.15, 0.2) is 5.82 Å². The average molecular weight is 337 g/mol. The molecular weight excluding hydrogens is 318 g/mol. The molecule has 2 aromatic heterocycles. The van der Waals surface area contributed by atoms with E-state index >= 15 is 0 Å². The predicted octanol–water partition coefficient (Wildman–Crippen LogP) is 3.13. The van der Waals surface area contributed by atoms with Crippen LogP contribution in [0, 0.1) is 13.8 Å². The molecule has 1 amide bonds. The maximum Gasteiger partial charge on any atom is 0.275 e. The maximum absolute atomic E-state index is 12.3. The predicted molar refractivity (Wildman–Crippen MR) is 94.7 cm³/mol. The van der Waals surface area contributed by atoms with Gasteiger partial charge in [-0.1, -0.05) is 0 Å². The molecule has 0 saturated carbocycles. The number of amides is 1. The van der Waals surface area contributed by atoms with E-state index in [4.69, 9.17) is 4.74 Å². The minimum atomic E-state index is -0.321. The molecule has 3 aromatic rings. The van der Waals surface area contributed by atoms with E-state index in [1.165, 1.54) is 0 Å². The van der Waals surface area contributed by atoms with Gasteiger partial charge in [0.1, 0.15) is 17.3 Å². The summed E-state index contributed by atoms with van der Waals surface area (Å²) < 4.78 is 5.43. The average Bonchev–Trinajstić information content (AvgIpc) is 3.03. The lowest BCUT2D eigenvalue weighted by molar-refractivity contribution is 0.102. The molecule has 0 unspecified atom stereocenters. The van der Waals surface area contributed by atoms with Crippen molar-refractivity contribution in [3.63, 3.8) is 0 Å². The van der Waals surface area contributed by atoms with Crippen molar-refractivity contribution in [2.24, 2.45) is 0 Å². The fourth-order valence-electron chi connectivity index (χ4n) is 2.44. The van der Waals surface area contributed by atoms with Crippen molar-refractivity contribution < 1.29 is 9.53 Å². The molecule has 0 fully saturated rings. The zero-order chi connectivity index (χ0) is 17.8. The summed E-state index contributed by atoms with van der Waals surface area (Å²) in [5.74, 6) is 1.48. The third-order valence-electron chi connectivity index (χ3n) is 3.49. The van der Waals surface area contributed by atoms with Crippen molar-refractivity contribution in [1.82, 2.24) is 20.2 Å². The van der Waals surface area contributed by atoms with E-state index in [2.05, 4.69) is 25.5 Å². The van der Waals surface area contributed by atoms with Gasteiger partial charge in [-0.3, -0.25) is 9.89 Å². The third kappa shape index (κ3) is 4.00. The van der Waals surface area contributed by atoms with Crippen molar-refractivity contribution in [2.45, 2.75) is 20.8 Å². The number of anilines is 1. The number of hydrogen-bond donors (Lipinski definition) is 2. The second-order valence-electron chi connectivity index (χ2n) is 5.52. The van der Waals surface area contributed by atoms with Crippen LogP contribution in [0.2, 0.25) is 0 Å². The molecule has 0 radical (unpaired) electrons. The first-order valence-electron chi connectivity index (χ1n) is 7.97. The highest BCUT2D eigenvalue weighted by atomic mass is 16.5. The number of hydrogen-bond acceptors (Lipinski definition) is 5. The van der Waals surface area contributed by atoms with Crippen LogP contribution in [0.5, 0.6) is 5.75 Å². The molecule has 2 heterocycles. The van der Waals surface area contributed by atoms with Crippen LogP contribution in [0.15, 0.2) is 36.4 Å². The van der Waals surface area contributed by atoms with Gasteiger partial charge in [-0.2, -0.15) is 5.10 Å². The summed E-state index contributed by atoms with van der Waals surface area (Å²) in [5, 5.41) is 9.78. The Bertz CT molecular complexity index is 866. The van der Waals surface area contributed by atoms with E-state index < -0.39 is 0 Å². The van der Waals surface area contributed by atoms with Gasteiger partial charge in [0.25, 0.3) is 5.91 Å². The Morgan fingerprint density at radius 1 is 1.16 bits per heavy atom. The number of benzene rings is 1. The number of nitrogens with zero attached hydrogens (tertiary/aromatic N) is 3. The molecule has 0 saturated heterocycles. The van der Waals surface area contributed by atoms with Gasteiger partial charge in [0.2, 0.25) is 0 Å². The number of ether oxygens (including phenoxy) is 1. The van der Waals surface area contributed by atoms with Crippen LogP contribution < -0.4 is 10.1 Å². The lowest BCUT2D eigenvalue weighted by Gasteiger charge is -2.03. The summed E-state index contributed by atoms with van der Waals surface area (Å²) in [6.07, 6.45) is 0. The van der Waals surface area contributed by atoms with Crippen LogP contribution in [0.25, 0.3) is 11.3 Å². The Kier molecular flexibility index (Phi) is 4.74. The highest BCUT2D eigenvalue weighted by Gasteiger charge is 2.12. The number of rotatable bonds is 5. The lowest BCUT2D eigenvalue weighted by Crippen LogP contribution is -2.15. The first-order chi connectivity index (χ1) is 12.0. The first-order valence-corrected chi connectivity index (χ1v) is 7.97. The molecule has 2 N–H and O–H groups in total. The van der Waals surface area contributed by atoms with Gasteiger partial charge in [-0.05, 0) is 56.7 Å². The van der Waals surface area contributed by atoms with Crippen LogP contribution in [-0.2, 0) is 0 Å². The topological polar surface area (TPSA) is 92.8 Å². The molecule has 0 bridgehead atoms. The zero-order valence-electron chi connectivity index (χ0n) is 14.3. The minimum Gasteiger partial charge on any atom is -0.494 e. The van der Waals surface area contributed by atoms with Crippen LogP contribution in [-0.4, -0.2) is 32.7 Å². The summed E-state index contributed by atoms with van der Waals surface area (Å²) in [4.78, 5) is 20.6. The SMILES string of the molecule is CCOc1ccc(-c2cc(NC(=O)c3cc(C)nc(C)n3)n[nH]2)cc1. The molecular formula is C18H19N5O2. The van der Waals surface area contributed by atoms with Crippen LogP contribution in [0.3, 0.4) is 0 Å². The van der Waals surface area contributed by atoms with Gasteiger partial charge in [0, 0.05) is 11.8 Å². The first kappa shape index (κ1) is 16.6. The summed E-state index contributed by atoms with van der Waals surface area (Å²) in [6, 6.07) is 11.1. The Labute approximate surface area is 145 Å². The van der Waals surface area contributed by atoms with Gasteiger partial charge in [0.05, 0.1) is 12.3 Å². The summed E-state index contributed by atoms with van der Waals surface area (Å²) in [7, 11) is 0. The van der Waals surface area contributed by atoms with Gasteiger partial charge >= 0.3 is 0 Å². The Hall–Kier alpha value is -3.22. The number of nitrogens with one attached hydrogen (secondary N) is 2. The smallest absolute Gasteiger partial charge is 0.275 e. The molecule has 0 spiro atoms. The van der Waals surface area contributed by atoms with Crippen molar-refractivity contribution in [1.29, 1.82) is 0 Å². The summed E-state index contributed by atoms with van der Waals surface area (Å²) in [6.45, 7) is 6.15. The van der Waals surface area contributed by atoms with Gasteiger partial charge in [-0.15, -0.1) is 0 Å². The second-order valence-corrected chi connectivity index (χ2v) is 5.52. The van der Waals surface area contributed by atoms with Crippen LogP contribution in [0.4, 0.5) is 5.82 Å². The number of carbonyl (C=O) groups is 1. The Balaban J connectivity index is 1.73. The highest BCUT2D eigenvalue weighted by Crippen LogP contribution is 2.22. The number of carbonyl (C=O) groups excluding carboxylic acids is 1. The Morgan fingerprint density at radius 2 is 1.92 bits per heavy atom. The van der Waals surface area contributed by atoms with E-state index in [1.807, 2.05) is 38.1 Å². The van der Waals surface area contributed by atoms with E-state index in [9.17, 15) is 4.79 Å². The molecule has 1 aromatic carbocycles. The number of aromatic amines is 1. The number of H-pyrrole nitrogens is 1. The quantitative estimate of drug-likeness (QED) is 0.746. The monoisotopic (exact) mass is 337 g/mol. The molecule has 25 heavy (non-hydrogen) atoms. The summed E-state index contributed by atoms with van der Waals surface area (Å²) in [5.41, 5.74) is 2.81. The highest BCUT2D eigenvalue weighted by molar-refractivity contribution is 6.02. The standard InChI is InChI=1S/C18H19N5O2/c1-4-25-14-7-5-13(6-8-14)15-10-17(23-22-15)21-18(24)16-9-11(2)19-12(3)20-16/h5-10H,4H2,1-3H3,(H2,21,22,23,24). The minimum absolute atomic E-state index is 0.315. The van der Waals surface area contributed by atoms with E-state index in [0.717, 1.165) is 22.7 Å². The van der Waals surface area contributed by atoms with Crippen LogP contribution >= 0.6 is 0 Å². The largest absolute Gasteiger partial charge is 0.494 e. The molecule has 0 aliphatic rings. The van der Waals surface area contributed by atoms with Gasteiger partial charge < -0.3 is 10.1 Å². The van der Waals surface area contributed by atoms with Crippen molar-refractivity contribution >= 4 is 11.7 Å². The second kappa shape index (κ2) is 7.12. The fraction of sp³-hybridized carbons (Fsp3) is 0.222. The molecule has 7 nitrogen and oxygen atoms in total. The normalized spacial score (nSPS) is 10.5. The van der Waals surface area contributed by atoms with Crippen LogP contribution in [0.1, 0.15) is 28.9 Å². The molecule has 0 aliphatic carbocycles. The zero-order valence-corrected chi connectivity index (χ0v) is 14.3.